The first-order chi connectivity index (χ1) is 12.2. The van der Waals surface area contributed by atoms with Crippen molar-refractivity contribution in [2.75, 3.05) is 6.26 Å². The summed E-state index contributed by atoms with van der Waals surface area (Å²) in [5.74, 6) is 0. The van der Waals surface area contributed by atoms with Gasteiger partial charge >= 0.3 is 0 Å². The highest BCUT2D eigenvalue weighted by molar-refractivity contribution is 7.90. The zero-order chi connectivity index (χ0) is 18.9. The quantitative estimate of drug-likeness (QED) is 0.847. The second kappa shape index (κ2) is 7.13. The molecule has 3 rings (SSSR count). The third-order valence-corrected chi connectivity index (χ3v) is 7.44. The molecule has 0 heterocycles. The summed E-state index contributed by atoms with van der Waals surface area (Å²) in [5, 5.41) is 0. The molecular weight excluding hydrogens is 370 g/mol. The molecule has 26 heavy (non-hydrogen) atoms. The van der Waals surface area contributed by atoms with Gasteiger partial charge in [-0.3, -0.25) is 0 Å². The first-order valence-electron chi connectivity index (χ1n) is 8.61. The van der Waals surface area contributed by atoms with Crippen LogP contribution in [0.25, 0.3) is 0 Å². The summed E-state index contributed by atoms with van der Waals surface area (Å²) in [6.45, 7) is 1.74. The summed E-state index contributed by atoms with van der Waals surface area (Å²) in [6.07, 6.45) is 5.31. The van der Waals surface area contributed by atoms with Gasteiger partial charge in [0.2, 0.25) is 10.0 Å². The van der Waals surface area contributed by atoms with Crippen LogP contribution in [-0.4, -0.2) is 23.1 Å². The van der Waals surface area contributed by atoms with Crippen LogP contribution in [-0.2, 0) is 32.7 Å². The van der Waals surface area contributed by atoms with E-state index in [4.69, 9.17) is 0 Å². The lowest BCUT2D eigenvalue weighted by Crippen LogP contribution is -2.27. The van der Waals surface area contributed by atoms with E-state index in [2.05, 4.69) is 4.72 Å². The van der Waals surface area contributed by atoms with Gasteiger partial charge in [-0.25, -0.2) is 21.6 Å². The van der Waals surface area contributed by atoms with Crippen LogP contribution in [0.1, 0.15) is 42.5 Å². The third kappa shape index (κ3) is 4.16. The lowest BCUT2D eigenvalue weighted by Gasteiger charge is -2.18. The Kier molecular flexibility index (Phi) is 5.23. The predicted octanol–water partition coefficient (Wildman–Crippen LogP) is 3.01. The average Bonchev–Trinajstić information content (AvgIpc) is 2.60. The Hall–Kier alpha value is -1.70. The van der Waals surface area contributed by atoms with Gasteiger partial charge in [-0.1, -0.05) is 18.2 Å². The molecule has 0 unspecified atom stereocenters. The highest BCUT2D eigenvalue weighted by Crippen LogP contribution is 2.25. The van der Waals surface area contributed by atoms with Gasteiger partial charge in [0, 0.05) is 12.3 Å². The van der Waals surface area contributed by atoms with E-state index in [0.717, 1.165) is 37.5 Å². The van der Waals surface area contributed by atoms with E-state index < -0.39 is 25.9 Å². The van der Waals surface area contributed by atoms with E-state index in [1.54, 1.807) is 31.2 Å². The summed E-state index contributed by atoms with van der Waals surface area (Å²) < 4.78 is 51.2. The molecule has 1 atom stereocenters. The summed E-state index contributed by atoms with van der Waals surface area (Å²) in [6, 6.07) is 11.1. The Labute approximate surface area is 155 Å². The number of rotatable bonds is 5. The van der Waals surface area contributed by atoms with E-state index in [1.807, 2.05) is 6.07 Å². The number of hydrogen-bond donors (Lipinski definition) is 1. The van der Waals surface area contributed by atoms with Crippen LogP contribution in [0.4, 0.5) is 0 Å². The van der Waals surface area contributed by atoms with Crippen LogP contribution in [0.3, 0.4) is 0 Å². The third-order valence-electron chi connectivity index (χ3n) is 4.77. The van der Waals surface area contributed by atoms with Crippen molar-refractivity contribution in [2.45, 2.75) is 48.4 Å². The summed E-state index contributed by atoms with van der Waals surface area (Å²) in [5.41, 5.74) is 3.06. The van der Waals surface area contributed by atoms with Crippen molar-refractivity contribution < 1.29 is 16.8 Å². The summed E-state index contributed by atoms with van der Waals surface area (Å²) >= 11 is 0. The number of benzene rings is 2. The number of hydrogen-bond acceptors (Lipinski definition) is 4. The molecule has 140 valence electrons. The monoisotopic (exact) mass is 393 g/mol. The average molecular weight is 394 g/mol. The highest BCUT2D eigenvalue weighted by atomic mass is 32.2. The molecule has 0 saturated heterocycles. The molecular formula is C19H23NO4S2. The smallest absolute Gasteiger partial charge is 0.224 e. The van der Waals surface area contributed by atoms with Gasteiger partial charge < -0.3 is 0 Å². The first-order valence-corrected chi connectivity index (χ1v) is 12.0. The molecule has 2 aromatic carbocycles. The Morgan fingerprint density at radius 2 is 1.42 bits per heavy atom. The molecule has 0 saturated carbocycles. The molecule has 0 radical (unpaired) electrons. The van der Waals surface area contributed by atoms with E-state index in [1.165, 1.54) is 17.7 Å². The Morgan fingerprint density at radius 1 is 0.846 bits per heavy atom. The molecule has 0 spiro atoms. The van der Waals surface area contributed by atoms with Crippen LogP contribution < -0.4 is 4.72 Å². The fourth-order valence-corrected chi connectivity index (χ4v) is 5.16. The summed E-state index contributed by atoms with van der Waals surface area (Å²) in [4.78, 5) is 0.490. The van der Waals surface area contributed by atoms with Gasteiger partial charge in [0.1, 0.15) is 0 Å². The zero-order valence-corrected chi connectivity index (χ0v) is 16.5. The van der Waals surface area contributed by atoms with Crippen molar-refractivity contribution in [3.05, 3.63) is 59.2 Å². The van der Waals surface area contributed by atoms with Crippen LogP contribution >= 0.6 is 0 Å². The van der Waals surface area contributed by atoms with E-state index in [0.29, 0.717) is 5.56 Å². The molecule has 5 nitrogen and oxygen atoms in total. The lowest BCUT2D eigenvalue weighted by molar-refractivity contribution is 0.566. The maximum Gasteiger partial charge on any atom is 0.241 e. The molecule has 1 aliphatic rings. The predicted molar refractivity (Wildman–Crippen MR) is 101 cm³/mol. The molecule has 0 aliphatic heterocycles. The Balaban J connectivity index is 1.80. The number of sulfonamides is 1. The van der Waals surface area contributed by atoms with Gasteiger partial charge in [-0.15, -0.1) is 0 Å². The minimum atomic E-state index is -3.65. The minimum absolute atomic E-state index is 0.214. The van der Waals surface area contributed by atoms with Crippen molar-refractivity contribution in [3.8, 4) is 0 Å². The molecule has 0 bridgehead atoms. The molecule has 1 aliphatic carbocycles. The van der Waals surface area contributed by atoms with Crippen LogP contribution in [0, 0.1) is 0 Å². The largest absolute Gasteiger partial charge is 0.241 e. The molecule has 7 heteroatoms. The van der Waals surface area contributed by atoms with Gasteiger partial charge in [0.05, 0.1) is 9.79 Å². The second-order valence-electron chi connectivity index (χ2n) is 6.82. The van der Waals surface area contributed by atoms with Crippen molar-refractivity contribution in [1.29, 1.82) is 0 Å². The van der Waals surface area contributed by atoms with Gasteiger partial charge in [-0.05, 0) is 73.6 Å². The molecule has 1 N–H and O–H groups in total. The lowest BCUT2D eigenvalue weighted by atomic mass is 9.92. The molecule has 0 fully saturated rings. The van der Waals surface area contributed by atoms with Crippen molar-refractivity contribution in [1.82, 2.24) is 4.72 Å². The standard InChI is InChI=1S/C19H23NO4S2/c1-14(15-7-10-18(11-8-15)25(2,21)22)20-26(23,24)19-12-9-16-5-3-4-6-17(16)13-19/h7-14,20H,3-6H2,1-2H3/t14-/m0/s1. The van der Waals surface area contributed by atoms with E-state index >= 15 is 0 Å². The zero-order valence-electron chi connectivity index (χ0n) is 14.9. The van der Waals surface area contributed by atoms with Crippen LogP contribution in [0.2, 0.25) is 0 Å². The van der Waals surface area contributed by atoms with E-state index in [-0.39, 0.29) is 9.79 Å². The van der Waals surface area contributed by atoms with Gasteiger partial charge in [-0.2, -0.15) is 0 Å². The van der Waals surface area contributed by atoms with Gasteiger partial charge in [0.15, 0.2) is 9.84 Å². The van der Waals surface area contributed by atoms with Crippen molar-refractivity contribution in [3.63, 3.8) is 0 Å². The maximum atomic E-state index is 12.7. The van der Waals surface area contributed by atoms with Crippen molar-refractivity contribution >= 4 is 19.9 Å². The minimum Gasteiger partial charge on any atom is -0.224 e. The summed E-state index contributed by atoms with van der Waals surface area (Å²) in [7, 11) is -6.92. The molecule has 0 aromatic heterocycles. The fourth-order valence-electron chi connectivity index (χ4n) is 3.25. The maximum absolute atomic E-state index is 12.7. The number of fused-ring (bicyclic) bond motifs is 1. The molecule has 0 amide bonds. The van der Waals surface area contributed by atoms with Crippen molar-refractivity contribution in [2.24, 2.45) is 0 Å². The number of sulfone groups is 1. The van der Waals surface area contributed by atoms with Gasteiger partial charge in [0.25, 0.3) is 0 Å². The second-order valence-corrected chi connectivity index (χ2v) is 10.6. The highest BCUT2D eigenvalue weighted by Gasteiger charge is 2.21. The SMILES string of the molecule is C[C@H](NS(=O)(=O)c1ccc2c(c1)CCCC2)c1ccc(S(C)(=O)=O)cc1. The number of nitrogens with one attached hydrogen (secondary N) is 1. The Bertz CT molecular complexity index is 1010. The van der Waals surface area contributed by atoms with Crippen LogP contribution in [0.5, 0.6) is 0 Å². The van der Waals surface area contributed by atoms with Crippen LogP contribution in [0.15, 0.2) is 52.3 Å². The molecule has 2 aromatic rings. The first kappa shape index (κ1) is 19.1. The normalized spacial score (nSPS) is 16.1. The number of aryl methyl sites for hydroxylation is 2. The Morgan fingerprint density at radius 3 is 2.04 bits per heavy atom. The van der Waals surface area contributed by atoms with E-state index in [9.17, 15) is 16.8 Å². The topological polar surface area (TPSA) is 80.3 Å². The fraction of sp³-hybridized carbons (Fsp3) is 0.368.